The van der Waals surface area contributed by atoms with Gasteiger partial charge in [0.1, 0.15) is 12.1 Å². The highest BCUT2D eigenvalue weighted by atomic mass is 19.1. The zero-order valence-electron chi connectivity index (χ0n) is 17.7. The Balaban J connectivity index is 1.60. The van der Waals surface area contributed by atoms with E-state index < -0.39 is 0 Å². The average molecular weight is 411 g/mol. The minimum atomic E-state index is -0.385. The highest BCUT2D eigenvalue weighted by Crippen LogP contribution is 2.30. The molecule has 2 aromatic rings. The summed E-state index contributed by atoms with van der Waals surface area (Å²) >= 11 is 0. The van der Waals surface area contributed by atoms with Crippen LogP contribution in [0.25, 0.3) is 0 Å². The van der Waals surface area contributed by atoms with E-state index in [0.717, 1.165) is 11.1 Å². The summed E-state index contributed by atoms with van der Waals surface area (Å²) in [6, 6.07) is 5.21. The lowest BCUT2D eigenvalue weighted by Crippen LogP contribution is -2.53. The fraction of sp³-hybridized carbons (Fsp3) is 0.455. The third-order valence-corrected chi connectivity index (χ3v) is 5.28. The van der Waals surface area contributed by atoms with Crippen LogP contribution in [0.15, 0.2) is 29.5 Å². The quantitative estimate of drug-likeness (QED) is 0.757. The number of carbonyl (C=O) groups excluding carboxylic acids is 1. The number of nitrogens with zero attached hydrogens (tertiary/aromatic N) is 5. The molecule has 1 amide bonds. The fourth-order valence-electron chi connectivity index (χ4n) is 3.84. The summed E-state index contributed by atoms with van der Waals surface area (Å²) in [5, 5.41) is 0. The van der Waals surface area contributed by atoms with E-state index in [1.54, 1.807) is 6.07 Å². The number of fused-ring (bicyclic) bond motifs is 1. The van der Waals surface area contributed by atoms with Crippen LogP contribution in [0.1, 0.15) is 44.5 Å². The minimum Gasteiger partial charge on any atom is -0.488 e. The molecule has 0 aliphatic carbocycles. The molecule has 0 radical (unpaired) electrons. The predicted molar refractivity (Wildman–Crippen MR) is 113 cm³/mol. The summed E-state index contributed by atoms with van der Waals surface area (Å²) in [6.45, 7) is 9.81. The highest BCUT2D eigenvalue weighted by molar-refractivity contribution is 6.14. The number of amides is 1. The second-order valence-electron chi connectivity index (χ2n) is 8.14. The standard InChI is InChI=1S/C22H26FN5O2/c1-13(2)28-6-5-27(11-21(28)29)20-9-18(25-12-26-20)22-16-8-19(30-14(3)4)17(23)7-15(16)10-24-22/h7-9,12-14H,5-6,10-11H2,1-4H3. The van der Waals surface area contributed by atoms with Gasteiger partial charge in [-0.3, -0.25) is 9.79 Å². The molecule has 4 rings (SSSR count). The van der Waals surface area contributed by atoms with Crippen molar-refractivity contribution < 1.29 is 13.9 Å². The first kappa shape index (κ1) is 20.3. The van der Waals surface area contributed by atoms with Crippen LogP contribution < -0.4 is 9.64 Å². The Hall–Kier alpha value is -3.03. The maximum Gasteiger partial charge on any atom is 0.242 e. The van der Waals surface area contributed by atoms with Crippen LogP contribution in [0.5, 0.6) is 5.75 Å². The molecule has 1 fully saturated rings. The Morgan fingerprint density at radius 2 is 1.90 bits per heavy atom. The summed E-state index contributed by atoms with van der Waals surface area (Å²) in [5.41, 5.74) is 2.96. The lowest BCUT2D eigenvalue weighted by molar-refractivity contribution is -0.132. The number of anilines is 1. The maximum atomic E-state index is 14.3. The molecular formula is C22H26FN5O2. The molecule has 3 heterocycles. The van der Waals surface area contributed by atoms with Gasteiger partial charge >= 0.3 is 0 Å². The molecule has 7 nitrogen and oxygen atoms in total. The van der Waals surface area contributed by atoms with Gasteiger partial charge < -0.3 is 14.5 Å². The van der Waals surface area contributed by atoms with Gasteiger partial charge in [0, 0.05) is 30.8 Å². The van der Waals surface area contributed by atoms with Crippen LogP contribution in [-0.4, -0.2) is 58.3 Å². The zero-order valence-corrected chi connectivity index (χ0v) is 17.7. The van der Waals surface area contributed by atoms with Crippen LogP contribution in [0.2, 0.25) is 0 Å². The molecule has 8 heteroatoms. The van der Waals surface area contributed by atoms with Crippen molar-refractivity contribution in [2.45, 2.75) is 46.4 Å². The highest BCUT2D eigenvalue weighted by Gasteiger charge is 2.28. The Morgan fingerprint density at radius 1 is 1.10 bits per heavy atom. The molecule has 158 valence electrons. The van der Waals surface area contributed by atoms with Crippen molar-refractivity contribution in [3.8, 4) is 5.75 Å². The van der Waals surface area contributed by atoms with Crippen LogP contribution in [-0.2, 0) is 11.3 Å². The number of hydrogen-bond acceptors (Lipinski definition) is 6. The number of ether oxygens (including phenoxy) is 1. The van der Waals surface area contributed by atoms with E-state index in [1.807, 2.05) is 43.6 Å². The molecule has 2 aliphatic heterocycles. The number of halogens is 1. The number of hydrogen-bond donors (Lipinski definition) is 0. The summed E-state index contributed by atoms with van der Waals surface area (Å²) < 4.78 is 19.9. The van der Waals surface area contributed by atoms with Gasteiger partial charge in [0.15, 0.2) is 11.6 Å². The van der Waals surface area contributed by atoms with Gasteiger partial charge in [0.25, 0.3) is 0 Å². The Kier molecular flexibility index (Phi) is 5.40. The van der Waals surface area contributed by atoms with Gasteiger partial charge in [0.05, 0.1) is 30.6 Å². The third kappa shape index (κ3) is 3.86. The first-order valence-corrected chi connectivity index (χ1v) is 10.2. The molecule has 0 N–H and O–H groups in total. The van der Waals surface area contributed by atoms with Gasteiger partial charge in [-0.05, 0) is 45.4 Å². The maximum absolute atomic E-state index is 14.3. The molecule has 0 atom stereocenters. The Labute approximate surface area is 175 Å². The van der Waals surface area contributed by atoms with Gasteiger partial charge in [-0.1, -0.05) is 0 Å². The largest absolute Gasteiger partial charge is 0.488 e. The van der Waals surface area contributed by atoms with Crippen LogP contribution in [0.4, 0.5) is 10.2 Å². The van der Waals surface area contributed by atoms with E-state index in [0.29, 0.717) is 36.9 Å². The van der Waals surface area contributed by atoms with Crippen molar-refractivity contribution >= 4 is 17.4 Å². The third-order valence-electron chi connectivity index (χ3n) is 5.28. The van der Waals surface area contributed by atoms with Gasteiger partial charge in [-0.25, -0.2) is 14.4 Å². The average Bonchev–Trinajstić information content (AvgIpc) is 3.10. The van der Waals surface area contributed by atoms with Crippen molar-refractivity contribution in [2.24, 2.45) is 4.99 Å². The van der Waals surface area contributed by atoms with Gasteiger partial charge in [0.2, 0.25) is 5.91 Å². The van der Waals surface area contributed by atoms with E-state index in [4.69, 9.17) is 4.74 Å². The van der Waals surface area contributed by atoms with Gasteiger partial charge in [-0.15, -0.1) is 0 Å². The first-order chi connectivity index (χ1) is 14.3. The molecule has 0 spiro atoms. The van der Waals surface area contributed by atoms with Crippen LogP contribution in [0, 0.1) is 5.82 Å². The molecule has 1 aromatic carbocycles. The molecular weight excluding hydrogens is 385 g/mol. The second kappa shape index (κ2) is 8.01. The molecule has 0 saturated carbocycles. The molecule has 1 saturated heterocycles. The van der Waals surface area contributed by atoms with Crippen molar-refractivity contribution in [2.75, 3.05) is 24.5 Å². The Morgan fingerprint density at radius 3 is 2.60 bits per heavy atom. The van der Waals surface area contributed by atoms with Crippen molar-refractivity contribution in [3.63, 3.8) is 0 Å². The summed E-state index contributed by atoms with van der Waals surface area (Å²) in [4.78, 5) is 29.6. The number of aliphatic imine (C=N–C) groups is 1. The number of carbonyl (C=O) groups is 1. The topological polar surface area (TPSA) is 70.9 Å². The predicted octanol–water partition coefficient (Wildman–Crippen LogP) is 2.81. The summed E-state index contributed by atoms with van der Waals surface area (Å²) in [5.74, 6) is 0.603. The fourth-order valence-corrected chi connectivity index (χ4v) is 3.84. The SMILES string of the molecule is CC(C)Oc1cc2c(cc1F)CN=C2c1cc(N2CCN(C(C)C)C(=O)C2)ncn1. The van der Waals surface area contributed by atoms with Crippen molar-refractivity contribution in [1.82, 2.24) is 14.9 Å². The molecule has 0 bridgehead atoms. The number of aromatic nitrogens is 2. The van der Waals surface area contributed by atoms with E-state index in [9.17, 15) is 9.18 Å². The van der Waals surface area contributed by atoms with Crippen LogP contribution in [0.3, 0.4) is 0 Å². The van der Waals surface area contributed by atoms with Crippen molar-refractivity contribution in [1.29, 1.82) is 0 Å². The minimum absolute atomic E-state index is 0.0888. The zero-order chi connectivity index (χ0) is 21.4. The number of rotatable bonds is 5. The lowest BCUT2D eigenvalue weighted by Gasteiger charge is -2.37. The monoisotopic (exact) mass is 411 g/mol. The molecule has 2 aliphatic rings. The number of benzene rings is 1. The van der Waals surface area contributed by atoms with E-state index >= 15 is 0 Å². The molecule has 30 heavy (non-hydrogen) atoms. The number of piperazine rings is 1. The molecule has 0 unspecified atom stereocenters. The van der Waals surface area contributed by atoms with Crippen LogP contribution >= 0.6 is 0 Å². The lowest BCUT2D eigenvalue weighted by atomic mass is 10.0. The smallest absolute Gasteiger partial charge is 0.242 e. The van der Waals surface area contributed by atoms with Gasteiger partial charge in [-0.2, -0.15) is 0 Å². The van der Waals surface area contributed by atoms with E-state index in [2.05, 4.69) is 15.0 Å². The Bertz CT molecular complexity index is 1010. The van der Waals surface area contributed by atoms with E-state index in [1.165, 1.54) is 12.4 Å². The van der Waals surface area contributed by atoms with E-state index in [-0.39, 0.29) is 36.2 Å². The molecule has 1 aromatic heterocycles. The second-order valence-corrected chi connectivity index (χ2v) is 8.14. The normalized spacial score (nSPS) is 16.4. The van der Waals surface area contributed by atoms with Crippen molar-refractivity contribution in [3.05, 3.63) is 47.2 Å². The first-order valence-electron chi connectivity index (χ1n) is 10.2. The summed E-state index contributed by atoms with van der Waals surface area (Å²) in [7, 11) is 0. The summed E-state index contributed by atoms with van der Waals surface area (Å²) in [6.07, 6.45) is 1.35.